The van der Waals surface area contributed by atoms with E-state index in [4.69, 9.17) is 11.6 Å². The summed E-state index contributed by atoms with van der Waals surface area (Å²) < 4.78 is 0. The molecule has 0 saturated heterocycles. The van der Waals surface area contributed by atoms with Gasteiger partial charge in [-0.1, -0.05) is 37.8 Å². The van der Waals surface area contributed by atoms with E-state index in [-0.39, 0.29) is 11.3 Å². The maximum Gasteiger partial charge on any atom is 0.282 e. The quantitative estimate of drug-likeness (QED) is 0.473. The van der Waals surface area contributed by atoms with E-state index >= 15 is 0 Å². The monoisotopic (exact) mass is 284 g/mol. The highest BCUT2D eigenvalue weighted by Crippen LogP contribution is 2.22. The lowest BCUT2D eigenvalue weighted by Crippen LogP contribution is -2.25. The molecule has 0 aliphatic rings. The lowest BCUT2D eigenvalue weighted by molar-refractivity contribution is -0.385. The van der Waals surface area contributed by atoms with Gasteiger partial charge in [0.2, 0.25) is 0 Å². The SMILES string of the molecule is CCCCCCNC(=O)c1cc(Cl)ccc1[N+](=O)[O-]. The van der Waals surface area contributed by atoms with Crippen LogP contribution in [0.25, 0.3) is 0 Å². The average Bonchev–Trinajstić information content (AvgIpc) is 2.37. The van der Waals surface area contributed by atoms with E-state index in [0.29, 0.717) is 11.6 Å². The van der Waals surface area contributed by atoms with Gasteiger partial charge in [0, 0.05) is 17.6 Å². The van der Waals surface area contributed by atoms with Crippen LogP contribution in [0.5, 0.6) is 0 Å². The van der Waals surface area contributed by atoms with E-state index in [0.717, 1.165) is 25.7 Å². The van der Waals surface area contributed by atoms with Crippen LogP contribution in [0.2, 0.25) is 5.02 Å². The number of nitrogens with one attached hydrogen (secondary N) is 1. The second-order valence-corrected chi connectivity index (χ2v) is 4.67. The largest absolute Gasteiger partial charge is 0.352 e. The van der Waals surface area contributed by atoms with Gasteiger partial charge < -0.3 is 5.32 Å². The first kappa shape index (κ1) is 15.4. The van der Waals surface area contributed by atoms with Crippen molar-refractivity contribution in [3.8, 4) is 0 Å². The summed E-state index contributed by atoms with van der Waals surface area (Å²) in [5.41, 5.74) is -0.219. The highest BCUT2D eigenvalue weighted by molar-refractivity contribution is 6.31. The van der Waals surface area contributed by atoms with Crippen LogP contribution < -0.4 is 5.32 Å². The van der Waals surface area contributed by atoms with E-state index in [9.17, 15) is 14.9 Å². The number of benzene rings is 1. The molecule has 0 unspecified atom stereocenters. The van der Waals surface area contributed by atoms with Crippen LogP contribution >= 0.6 is 11.6 Å². The van der Waals surface area contributed by atoms with Crippen molar-refractivity contribution in [2.45, 2.75) is 32.6 Å². The van der Waals surface area contributed by atoms with E-state index in [1.807, 2.05) is 0 Å². The minimum Gasteiger partial charge on any atom is -0.352 e. The first-order valence-electron chi connectivity index (χ1n) is 6.28. The van der Waals surface area contributed by atoms with Gasteiger partial charge in [-0.25, -0.2) is 0 Å². The van der Waals surface area contributed by atoms with Gasteiger partial charge in [0.1, 0.15) is 5.56 Å². The molecule has 0 aromatic heterocycles. The van der Waals surface area contributed by atoms with Crippen molar-refractivity contribution in [3.63, 3.8) is 0 Å². The van der Waals surface area contributed by atoms with Gasteiger partial charge in [-0.05, 0) is 18.6 Å². The van der Waals surface area contributed by atoms with Crippen molar-refractivity contribution in [1.29, 1.82) is 0 Å². The topological polar surface area (TPSA) is 72.2 Å². The molecule has 0 aliphatic heterocycles. The Bertz CT molecular complexity index is 463. The number of nitrogens with zero attached hydrogens (tertiary/aromatic N) is 1. The number of hydrogen-bond acceptors (Lipinski definition) is 3. The van der Waals surface area contributed by atoms with E-state index < -0.39 is 10.8 Å². The summed E-state index contributed by atoms with van der Waals surface area (Å²) in [6, 6.07) is 3.97. The van der Waals surface area contributed by atoms with Crippen molar-refractivity contribution in [3.05, 3.63) is 38.9 Å². The summed E-state index contributed by atoms with van der Waals surface area (Å²) in [5.74, 6) is -0.453. The third-order valence-electron chi connectivity index (χ3n) is 2.72. The number of unbranched alkanes of at least 4 members (excludes halogenated alkanes) is 3. The highest BCUT2D eigenvalue weighted by Gasteiger charge is 2.19. The highest BCUT2D eigenvalue weighted by atomic mass is 35.5. The molecule has 0 spiro atoms. The van der Waals surface area contributed by atoms with Gasteiger partial charge in [-0.15, -0.1) is 0 Å². The molecule has 5 nitrogen and oxygen atoms in total. The first-order chi connectivity index (χ1) is 9.06. The van der Waals surface area contributed by atoms with Gasteiger partial charge in [0.15, 0.2) is 0 Å². The molecule has 0 bridgehead atoms. The summed E-state index contributed by atoms with van der Waals surface area (Å²) in [4.78, 5) is 22.1. The third-order valence-corrected chi connectivity index (χ3v) is 2.95. The summed E-state index contributed by atoms with van der Waals surface area (Å²) >= 11 is 5.77. The van der Waals surface area contributed by atoms with Crippen molar-refractivity contribution in [1.82, 2.24) is 5.32 Å². The number of nitro groups is 1. The molecule has 1 amide bonds. The van der Waals surface area contributed by atoms with Gasteiger partial charge in [-0.3, -0.25) is 14.9 Å². The van der Waals surface area contributed by atoms with Crippen molar-refractivity contribution >= 4 is 23.2 Å². The molecule has 0 atom stereocenters. The average molecular weight is 285 g/mol. The Morgan fingerprint density at radius 2 is 2.11 bits per heavy atom. The molecule has 1 aromatic carbocycles. The lowest BCUT2D eigenvalue weighted by atomic mass is 10.1. The van der Waals surface area contributed by atoms with Crippen LogP contribution in [0, 0.1) is 10.1 Å². The van der Waals surface area contributed by atoms with E-state index in [1.54, 1.807) is 0 Å². The number of hydrogen-bond donors (Lipinski definition) is 1. The Hall–Kier alpha value is -1.62. The maximum absolute atomic E-state index is 11.9. The molecule has 1 aromatic rings. The smallest absolute Gasteiger partial charge is 0.282 e. The van der Waals surface area contributed by atoms with E-state index in [2.05, 4.69) is 12.2 Å². The summed E-state index contributed by atoms with van der Waals surface area (Å²) in [6.45, 7) is 2.62. The molecule has 0 fully saturated rings. The van der Waals surface area contributed by atoms with Gasteiger partial charge in [0.05, 0.1) is 4.92 Å². The fourth-order valence-corrected chi connectivity index (χ4v) is 1.87. The van der Waals surface area contributed by atoms with Crippen molar-refractivity contribution in [2.24, 2.45) is 0 Å². The van der Waals surface area contributed by atoms with Crippen LogP contribution in [0.1, 0.15) is 43.0 Å². The Morgan fingerprint density at radius 3 is 2.74 bits per heavy atom. The molecular formula is C13H17ClN2O3. The van der Waals surface area contributed by atoms with Crippen LogP contribution in [0.15, 0.2) is 18.2 Å². The predicted molar refractivity (Wildman–Crippen MR) is 74.6 cm³/mol. The molecule has 0 heterocycles. The minimum absolute atomic E-state index is 0.00740. The molecule has 1 rings (SSSR count). The number of amides is 1. The zero-order chi connectivity index (χ0) is 14.3. The maximum atomic E-state index is 11.9. The van der Waals surface area contributed by atoms with Crippen LogP contribution in [-0.2, 0) is 0 Å². The predicted octanol–water partition coefficient (Wildman–Crippen LogP) is 3.56. The molecule has 19 heavy (non-hydrogen) atoms. The van der Waals surface area contributed by atoms with Gasteiger partial charge in [0.25, 0.3) is 11.6 Å². The number of carbonyl (C=O) groups is 1. The van der Waals surface area contributed by atoms with Gasteiger partial charge in [-0.2, -0.15) is 0 Å². The summed E-state index contributed by atoms with van der Waals surface area (Å²) in [6.07, 6.45) is 4.14. The Kier molecular flexibility index (Phi) is 6.29. The zero-order valence-corrected chi connectivity index (χ0v) is 11.6. The first-order valence-corrected chi connectivity index (χ1v) is 6.66. The van der Waals surface area contributed by atoms with Crippen molar-refractivity contribution in [2.75, 3.05) is 6.54 Å². The molecule has 1 N–H and O–H groups in total. The fraction of sp³-hybridized carbons (Fsp3) is 0.462. The number of nitro benzene ring substituents is 1. The Morgan fingerprint density at radius 1 is 1.37 bits per heavy atom. The third kappa shape index (κ3) is 4.87. The molecule has 0 radical (unpaired) electrons. The van der Waals surface area contributed by atoms with Crippen LogP contribution in [0.4, 0.5) is 5.69 Å². The Balaban J connectivity index is 2.65. The fourth-order valence-electron chi connectivity index (χ4n) is 1.70. The molecule has 0 aliphatic carbocycles. The second-order valence-electron chi connectivity index (χ2n) is 4.24. The summed E-state index contributed by atoms with van der Waals surface area (Å²) in [7, 11) is 0. The normalized spacial score (nSPS) is 10.2. The minimum atomic E-state index is -0.581. The lowest BCUT2D eigenvalue weighted by Gasteiger charge is -2.06. The Labute approximate surface area is 117 Å². The van der Waals surface area contributed by atoms with E-state index in [1.165, 1.54) is 18.2 Å². The van der Waals surface area contributed by atoms with Crippen LogP contribution in [0.3, 0.4) is 0 Å². The number of rotatable bonds is 7. The number of carbonyl (C=O) groups excluding carboxylic acids is 1. The second kappa shape index (κ2) is 7.74. The molecule has 0 saturated carbocycles. The summed E-state index contributed by atoms with van der Waals surface area (Å²) in [5, 5.41) is 13.8. The molecule has 104 valence electrons. The molecule has 6 heteroatoms. The zero-order valence-electron chi connectivity index (χ0n) is 10.8. The standard InChI is InChI=1S/C13H17ClN2O3/c1-2-3-4-5-8-15-13(17)11-9-10(14)6-7-12(11)16(18)19/h6-7,9H,2-5,8H2,1H3,(H,15,17). The van der Waals surface area contributed by atoms with Crippen LogP contribution in [-0.4, -0.2) is 17.4 Å². The van der Waals surface area contributed by atoms with Crippen molar-refractivity contribution < 1.29 is 9.72 Å². The number of halogens is 1. The molecular weight excluding hydrogens is 268 g/mol. The van der Waals surface area contributed by atoms with Gasteiger partial charge >= 0.3 is 0 Å².